The molecule has 0 saturated carbocycles. The molecule has 13 nitrogen and oxygen atoms in total. The van der Waals surface area contributed by atoms with Crippen LogP contribution in [0.3, 0.4) is 0 Å². The van der Waals surface area contributed by atoms with Crippen LogP contribution >= 0.6 is 0 Å². The maximum Gasteiger partial charge on any atom is 0.407 e. The predicted molar refractivity (Wildman–Crippen MR) is 233 cm³/mol. The van der Waals surface area contributed by atoms with E-state index in [9.17, 15) is 19.2 Å². The molecule has 2 saturated heterocycles. The van der Waals surface area contributed by atoms with E-state index in [0.717, 1.165) is 68.9 Å². The summed E-state index contributed by atoms with van der Waals surface area (Å²) in [6, 6.07) is 21.4. The summed E-state index contributed by atoms with van der Waals surface area (Å²) in [6.45, 7) is 13.1. The number of aromatic amines is 1. The Hall–Kier alpha value is -5.98. The van der Waals surface area contributed by atoms with Gasteiger partial charge in [-0.1, -0.05) is 102 Å². The highest BCUT2D eigenvalue weighted by atomic mass is 16.5. The highest BCUT2D eigenvalue weighted by molar-refractivity contribution is 6.02. The number of amides is 4. The molecule has 3 aliphatic heterocycles. The summed E-state index contributed by atoms with van der Waals surface area (Å²) in [5.41, 5.74) is 8.92. The number of imidazole rings is 1. The maximum absolute atomic E-state index is 13.8. The minimum absolute atomic E-state index is 0.0929. The van der Waals surface area contributed by atoms with Gasteiger partial charge in [-0.2, -0.15) is 0 Å². The van der Waals surface area contributed by atoms with Crippen LogP contribution in [0.5, 0.6) is 0 Å². The van der Waals surface area contributed by atoms with Crippen molar-refractivity contribution >= 4 is 46.4 Å². The molecule has 2 fully saturated rings. The second kappa shape index (κ2) is 17.7. The number of likely N-dealkylation sites (tertiary alicyclic amines) is 2. The third-order valence-electron chi connectivity index (χ3n) is 12.1. The number of benzene rings is 3. The van der Waals surface area contributed by atoms with Crippen molar-refractivity contribution in [1.82, 2.24) is 30.4 Å². The zero-order chi connectivity index (χ0) is 42.8. The van der Waals surface area contributed by atoms with E-state index in [1.165, 1.54) is 14.2 Å². The summed E-state index contributed by atoms with van der Waals surface area (Å²) < 4.78 is 9.59. The van der Waals surface area contributed by atoms with Crippen molar-refractivity contribution in [1.29, 1.82) is 0 Å². The average Bonchev–Trinajstić information content (AvgIpc) is 4.06. The van der Waals surface area contributed by atoms with Crippen molar-refractivity contribution in [2.75, 3.05) is 27.3 Å². The van der Waals surface area contributed by atoms with E-state index in [2.05, 4.69) is 96.2 Å². The molecule has 0 bridgehead atoms. The predicted octanol–water partition coefficient (Wildman–Crippen LogP) is 7.99. The van der Waals surface area contributed by atoms with Gasteiger partial charge in [-0.05, 0) is 76.5 Å². The average molecular weight is 816 g/mol. The number of ether oxygens (including phenoxy) is 2. The van der Waals surface area contributed by atoms with Crippen molar-refractivity contribution in [3.05, 3.63) is 84.2 Å². The first-order valence-electron chi connectivity index (χ1n) is 21.0. The van der Waals surface area contributed by atoms with Gasteiger partial charge in [-0.3, -0.25) is 14.6 Å². The second-order valence-corrected chi connectivity index (χ2v) is 17.3. The van der Waals surface area contributed by atoms with Gasteiger partial charge in [0.15, 0.2) is 0 Å². The quantitative estimate of drug-likeness (QED) is 0.139. The number of methoxy groups -OCH3 is 2. The molecule has 316 valence electrons. The number of nitrogens with one attached hydrogen (secondary N) is 3. The molecule has 0 radical (unpaired) electrons. The Morgan fingerprint density at radius 3 is 1.67 bits per heavy atom. The van der Waals surface area contributed by atoms with E-state index in [0.29, 0.717) is 25.4 Å². The molecule has 0 unspecified atom stereocenters. The largest absolute Gasteiger partial charge is 0.453 e. The molecule has 3 aliphatic rings. The number of H-pyrrole nitrogens is 1. The number of alkyl carbamates (subject to hydrolysis) is 2. The fourth-order valence-corrected chi connectivity index (χ4v) is 8.81. The van der Waals surface area contributed by atoms with Gasteiger partial charge in [-0.25, -0.2) is 14.6 Å². The number of rotatable bonds is 11. The molecule has 4 aromatic rings. The zero-order valence-corrected chi connectivity index (χ0v) is 35.8. The van der Waals surface area contributed by atoms with E-state index in [4.69, 9.17) is 19.5 Å². The van der Waals surface area contributed by atoms with Crippen molar-refractivity contribution in [2.45, 2.75) is 85.0 Å². The molecule has 13 heteroatoms. The number of nitrogens with zero attached hydrogens (tertiary/aromatic N) is 4. The molecule has 0 aliphatic carbocycles. The topological polar surface area (TPSA) is 158 Å². The first-order chi connectivity index (χ1) is 28.7. The van der Waals surface area contributed by atoms with Crippen LogP contribution in [0.4, 0.5) is 9.59 Å². The lowest BCUT2D eigenvalue weighted by Crippen LogP contribution is -2.53. The van der Waals surface area contributed by atoms with Gasteiger partial charge in [0.2, 0.25) is 11.8 Å². The first kappa shape index (κ1) is 42.2. The van der Waals surface area contributed by atoms with Crippen LogP contribution in [0.2, 0.25) is 0 Å². The number of hydrogen-bond acceptors (Lipinski definition) is 8. The van der Waals surface area contributed by atoms with E-state index >= 15 is 0 Å². The number of carbonyl (C=O) groups is 4. The molecule has 60 heavy (non-hydrogen) atoms. The molecule has 0 spiro atoms. The highest BCUT2D eigenvalue weighted by Gasteiger charge is 2.42. The third-order valence-corrected chi connectivity index (χ3v) is 12.1. The summed E-state index contributed by atoms with van der Waals surface area (Å²) in [5, 5.41) is 5.46. The van der Waals surface area contributed by atoms with Gasteiger partial charge in [-0.15, -0.1) is 0 Å². The Kier molecular flexibility index (Phi) is 12.4. The minimum atomic E-state index is -0.699. The zero-order valence-electron chi connectivity index (χ0n) is 35.8. The highest BCUT2D eigenvalue weighted by Crippen LogP contribution is 2.37. The molecule has 6 atom stereocenters. The van der Waals surface area contributed by atoms with Gasteiger partial charge in [0.1, 0.15) is 17.9 Å². The minimum Gasteiger partial charge on any atom is -0.453 e. The molecule has 4 heterocycles. The van der Waals surface area contributed by atoms with Crippen LogP contribution in [0.25, 0.3) is 39.0 Å². The monoisotopic (exact) mass is 815 g/mol. The Morgan fingerprint density at radius 2 is 1.15 bits per heavy atom. The fraction of sp³-hybridized carbons (Fsp3) is 0.447. The van der Waals surface area contributed by atoms with Gasteiger partial charge < -0.3 is 34.9 Å². The standard InChI is InChI=1S/C47H57N7O6/c1-26(2)41(51-46(57)59-7)44(55)53-24-28(5)21-39(53)37-20-19-35(48-37)33-15-13-31(14-16-33)30-9-11-32(12-10-30)34-17-18-36-38(23-34)50-43(49-36)40-22-29(6)25-54(40)45(56)42(27(3)4)52-47(58)60-8/h9-19,23,26-29,39-42H,20-22,24-25H2,1-8H3,(H,49,50)(H,51,57)(H,52,58)/t28-,29+,39+,40+,41+,42+/m1/s1. The van der Waals surface area contributed by atoms with Gasteiger partial charge in [0.25, 0.3) is 0 Å². The van der Waals surface area contributed by atoms with E-state index in [1.807, 2.05) is 43.6 Å². The van der Waals surface area contributed by atoms with Crippen molar-refractivity contribution in [2.24, 2.45) is 28.7 Å². The number of aliphatic imine (C=N–C) groups is 1. The normalized spacial score (nSPS) is 21.2. The fourth-order valence-electron chi connectivity index (χ4n) is 8.81. The molecule has 3 aromatic carbocycles. The summed E-state index contributed by atoms with van der Waals surface area (Å²) in [4.78, 5) is 68.8. The van der Waals surface area contributed by atoms with E-state index in [1.54, 1.807) is 0 Å². The van der Waals surface area contributed by atoms with Gasteiger partial charge in [0.05, 0.1) is 43.0 Å². The summed E-state index contributed by atoms with van der Waals surface area (Å²) in [7, 11) is 2.60. The summed E-state index contributed by atoms with van der Waals surface area (Å²) >= 11 is 0. The van der Waals surface area contributed by atoms with E-state index in [-0.39, 0.29) is 41.7 Å². The van der Waals surface area contributed by atoms with Crippen molar-refractivity contribution < 1.29 is 28.7 Å². The van der Waals surface area contributed by atoms with Gasteiger partial charge in [0, 0.05) is 25.2 Å². The third kappa shape index (κ3) is 8.80. The lowest BCUT2D eigenvalue weighted by atomic mass is 9.99. The Morgan fingerprint density at radius 1 is 0.683 bits per heavy atom. The molecular formula is C47H57N7O6. The number of fused-ring (bicyclic) bond motifs is 1. The van der Waals surface area contributed by atoms with Gasteiger partial charge >= 0.3 is 12.2 Å². The lowest BCUT2D eigenvalue weighted by Gasteiger charge is -2.31. The van der Waals surface area contributed by atoms with Crippen LogP contribution in [0.1, 0.15) is 78.2 Å². The Balaban J connectivity index is 1.02. The summed E-state index contributed by atoms with van der Waals surface area (Å²) in [5.74, 6) is 0.898. The smallest absolute Gasteiger partial charge is 0.407 e. The maximum atomic E-state index is 13.8. The van der Waals surface area contributed by atoms with E-state index < -0.39 is 24.3 Å². The number of hydrogen-bond donors (Lipinski definition) is 3. The summed E-state index contributed by atoms with van der Waals surface area (Å²) in [6.07, 6.45) is 3.18. The van der Waals surface area contributed by atoms with Crippen molar-refractivity contribution in [3.8, 4) is 22.3 Å². The number of carbonyl (C=O) groups excluding carboxylic acids is 4. The van der Waals surface area contributed by atoms with Crippen LogP contribution in [0.15, 0.2) is 77.8 Å². The molecule has 1 aromatic heterocycles. The van der Waals surface area contributed by atoms with Crippen LogP contribution in [-0.2, 0) is 19.1 Å². The van der Waals surface area contributed by atoms with Crippen LogP contribution < -0.4 is 10.6 Å². The second-order valence-electron chi connectivity index (χ2n) is 17.3. The number of allylic oxidation sites excluding steroid dienone is 1. The SMILES string of the molecule is COC(=O)N[C@H](C(=O)N1C[C@H](C)C[C@H]1C1=NC(c2ccc(-c3ccc(-c4ccc5nc([C@@H]6C[C@H](C)CN6C(=O)[C@@H](NC(=O)OC)C(C)C)[nH]c5c4)cc3)cc2)=CC1)C(C)C. The molecular weight excluding hydrogens is 759 g/mol. The lowest BCUT2D eigenvalue weighted by molar-refractivity contribution is -0.136. The Bertz CT molecular complexity index is 2300. The van der Waals surface area contributed by atoms with Crippen molar-refractivity contribution in [3.63, 3.8) is 0 Å². The Labute approximate surface area is 352 Å². The van der Waals surface area contributed by atoms with Crippen LogP contribution in [-0.4, -0.2) is 94.9 Å². The first-order valence-corrected chi connectivity index (χ1v) is 21.0. The molecule has 4 amide bonds. The number of aromatic nitrogens is 2. The molecule has 7 rings (SSSR count). The van der Waals surface area contributed by atoms with Crippen LogP contribution in [0, 0.1) is 23.7 Å². The molecule has 3 N–H and O–H groups in total.